The number of ether oxygens (including phenoxy) is 2. The molecule has 0 spiro atoms. The maximum atomic E-state index is 13.0. The molecule has 3 aromatic rings. The fourth-order valence-electron chi connectivity index (χ4n) is 4.55. The van der Waals surface area contributed by atoms with E-state index < -0.39 is 0 Å². The van der Waals surface area contributed by atoms with Gasteiger partial charge in [0.2, 0.25) is 5.91 Å². The molecule has 6 nitrogen and oxygen atoms in total. The van der Waals surface area contributed by atoms with Gasteiger partial charge in [-0.05, 0) is 73.5 Å². The molecule has 1 amide bonds. The van der Waals surface area contributed by atoms with Crippen LogP contribution in [0.4, 0.5) is 0 Å². The molecule has 0 bridgehead atoms. The number of likely N-dealkylation sites (tertiary alicyclic amines) is 1. The first kappa shape index (κ1) is 24.5. The second-order valence-corrected chi connectivity index (χ2v) is 8.83. The van der Waals surface area contributed by atoms with E-state index in [-0.39, 0.29) is 23.7 Å². The summed E-state index contributed by atoms with van der Waals surface area (Å²) in [6, 6.07) is 24.8. The highest BCUT2D eigenvalue weighted by Gasteiger charge is 2.27. The van der Waals surface area contributed by atoms with Crippen molar-refractivity contribution >= 4 is 11.7 Å². The lowest BCUT2D eigenvalue weighted by atomic mass is 9.89. The van der Waals surface area contributed by atoms with Crippen LogP contribution in [0.25, 0.3) is 0 Å². The number of piperidine rings is 1. The summed E-state index contributed by atoms with van der Waals surface area (Å²) in [6.45, 7) is 1.75. The van der Waals surface area contributed by atoms with Gasteiger partial charge in [0.15, 0.2) is 5.78 Å². The van der Waals surface area contributed by atoms with Crippen molar-refractivity contribution in [2.45, 2.75) is 18.9 Å². The number of methoxy groups -OCH3 is 2. The van der Waals surface area contributed by atoms with E-state index in [2.05, 4.69) is 10.2 Å². The van der Waals surface area contributed by atoms with Gasteiger partial charge in [-0.2, -0.15) is 0 Å². The average Bonchev–Trinajstić information content (AvgIpc) is 2.92. The van der Waals surface area contributed by atoms with Crippen molar-refractivity contribution in [1.29, 1.82) is 0 Å². The molecule has 0 aliphatic carbocycles. The largest absolute Gasteiger partial charge is 0.497 e. The Kier molecular flexibility index (Phi) is 8.16. The smallest absolute Gasteiger partial charge is 0.234 e. The number of nitrogens with zero attached hydrogens (tertiary/aromatic N) is 1. The van der Waals surface area contributed by atoms with Crippen LogP contribution in [-0.4, -0.2) is 50.4 Å². The van der Waals surface area contributed by atoms with Crippen LogP contribution in [0.2, 0.25) is 0 Å². The highest BCUT2D eigenvalue weighted by molar-refractivity contribution is 5.98. The molecule has 0 radical (unpaired) electrons. The molecule has 1 heterocycles. The summed E-state index contributed by atoms with van der Waals surface area (Å²) < 4.78 is 10.5. The molecule has 1 atom stereocenters. The van der Waals surface area contributed by atoms with Crippen molar-refractivity contribution in [3.63, 3.8) is 0 Å². The topological polar surface area (TPSA) is 67.9 Å². The Morgan fingerprint density at radius 2 is 1.37 bits per heavy atom. The van der Waals surface area contributed by atoms with Gasteiger partial charge in [0.05, 0.1) is 26.8 Å². The maximum Gasteiger partial charge on any atom is 0.234 e. The minimum absolute atomic E-state index is 0.0147. The molecular formula is C29H32N2O4. The third kappa shape index (κ3) is 6.28. The predicted molar refractivity (Wildman–Crippen MR) is 136 cm³/mol. The van der Waals surface area contributed by atoms with E-state index in [4.69, 9.17) is 9.47 Å². The lowest BCUT2D eigenvalue weighted by Gasteiger charge is -2.31. The zero-order chi connectivity index (χ0) is 24.6. The van der Waals surface area contributed by atoms with Crippen LogP contribution in [-0.2, 0) is 4.79 Å². The van der Waals surface area contributed by atoms with E-state index in [1.165, 1.54) is 0 Å². The second-order valence-electron chi connectivity index (χ2n) is 8.83. The van der Waals surface area contributed by atoms with Gasteiger partial charge in [0.1, 0.15) is 11.5 Å². The number of amides is 1. The van der Waals surface area contributed by atoms with Gasteiger partial charge in [-0.15, -0.1) is 0 Å². The number of hydrogen-bond donors (Lipinski definition) is 1. The summed E-state index contributed by atoms with van der Waals surface area (Å²) in [5.74, 6) is 1.64. The van der Waals surface area contributed by atoms with Crippen LogP contribution in [0.3, 0.4) is 0 Å². The Hall–Kier alpha value is -3.64. The summed E-state index contributed by atoms with van der Waals surface area (Å²) in [7, 11) is 3.25. The van der Waals surface area contributed by atoms with E-state index in [1.807, 2.05) is 78.9 Å². The summed E-state index contributed by atoms with van der Waals surface area (Å²) in [5.41, 5.74) is 2.73. The molecule has 3 aromatic carbocycles. The molecule has 1 aliphatic heterocycles. The molecule has 1 unspecified atom stereocenters. The van der Waals surface area contributed by atoms with Crippen molar-refractivity contribution in [2.75, 3.05) is 33.9 Å². The molecule has 1 aliphatic rings. The van der Waals surface area contributed by atoms with Gasteiger partial charge in [-0.25, -0.2) is 0 Å². The highest BCUT2D eigenvalue weighted by Crippen LogP contribution is 2.25. The Morgan fingerprint density at radius 3 is 1.94 bits per heavy atom. The standard InChI is InChI=1S/C29H32N2O4/c1-34-25-12-8-22(9-13-25)28(21-6-4-3-5-7-21)30-27(32)20-31-18-16-24(17-19-31)29(33)23-10-14-26(35-2)15-11-23/h3-15,24,28H,16-20H2,1-2H3,(H,30,32). The summed E-state index contributed by atoms with van der Waals surface area (Å²) >= 11 is 0. The lowest BCUT2D eigenvalue weighted by Crippen LogP contribution is -2.43. The van der Waals surface area contributed by atoms with E-state index in [1.54, 1.807) is 14.2 Å². The Morgan fingerprint density at radius 1 is 0.829 bits per heavy atom. The molecule has 0 aromatic heterocycles. The van der Waals surface area contributed by atoms with Gasteiger partial charge >= 0.3 is 0 Å². The van der Waals surface area contributed by atoms with Crippen LogP contribution >= 0.6 is 0 Å². The van der Waals surface area contributed by atoms with Crippen LogP contribution < -0.4 is 14.8 Å². The first-order valence-corrected chi connectivity index (χ1v) is 12.0. The molecule has 1 saturated heterocycles. The van der Waals surface area contributed by atoms with Gasteiger partial charge in [0.25, 0.3) is 0 Å². The van der Waals surface area contributed by atoms with E-state index >= 15 is 0 Å². The van der Waals surface area contributed by atoms with Crippen LogP contribution in [0, 0.1) is 5.92 Å². The quantitative estimate of drug-likeness (QED) is 0.465. The highest BCUT2D eigenvalue weighted by atomic mass is 16.5. The zero-order valence-corrected chi connectivity index (χ0v) is 20.3. The fraction of sp³-hybridized carbons (Fsp3) is 0.310. The normalized spacial score (nSPS) is 15.3. The summed E-state index contributed by atoms with van der Waals surface area (Å²) in [4.78, 5) is 28.0. The SMILES string of the molecule is COc1ccc(C(=O)C2CCN(CC(=O)NC(c3ccccc3)c3ccc(OC)cc3)CC2)cc1. The number of carbonyl (C=O) groups excluding carboxylic acids is 2. The number of rotatable bonds is 9. The molecule has 4 rings (SSSR count). The van der Waals surface area contributed by atoms with E-state index in [0.29, 0.717) is 12.1 Å². The first-order valence-electron chi connectivity index (χ1n) is 12.0. The number of carbonyl (C=O) groups is 2. The number of Topliss-reactive ketones (excluding diaryl/α,β-unsaturated/α-hetero) is 1. The minimum atomic E-state index is -0.246. The molecule has 1 fully saturated rings. The van der Waals surface area contributed by atoms with Crippen LogP contribution in [0.15, 0.2) is 78.9 Å². The minimum Gasteiger partial charge on any atom is -0.497 e. The molecule has 1 N–H and O–H groups in total. The molecule has 0 saturated carbocycles. The van der Waals surface area contributed by atoms with Crippen LogP contribution in [0.5, 0.6) is 11.5 Å². The third-order valence-corrected chi connectivity index (χ3v) is 6.59. The Balaban J connectivity index is 1.34. The Labute approximate surface area is 206 Å². The summed E-state index contributed by atoms with van der Waals surface area (Å²) in [6.07, 6.45) is 1.50. The number of nitrogens with one attached hydrogen (secondary N) is 1. The van der Waals surface area contributed by atoms with Crippen molar-refractivity contribution in [1.82, 2.24) is 10.2 Å². The zero-order valence-electron chi connectivity index (χ0n) is 20.3. The number of benzene rings is 3. The molecule has 35 heavy (non-hydrogen) atoms. The van der Waals surface area contributed by atoms with Crippen LogP contribution in [0.1, 0.15) is 40.4 Å². The van der Waals surface area contributed by atoms with Gasteiger partial charge in [-0.1, -0.05) is 42.5 Å². The fourth-order valence-corrected chi connectivity index (χ4v) is 4.55. The van der Waals surface area contributed by atoms with E-state index in [0.717, 1.165) is 48.6 Å². The number of ketones is 1. The van der Waals surface area contributed by atoms with Gasteiger partial charge < -0.3 is 14.8 Å². The molecule has 182 valence electrons. The molecular weight excluding hydrogens is 440 g/mol. The predicted octanol–water partition coefficient (Wildman–Crippen LogP) is 4.50. The van der Waals surface area contributed by atoms with Crippen molar-refractivity contribution in [2.24, 2.45) is 5.92 Å². The monoisotopic (exact) mass is 472 g/mol. The first-order chi connectivity index (χ1) is 17.1. The number of hydrogen-bond acceptors (Lipinski definition) is 5. The van der Waals surface area contributed by atoms with Gasteiger partial charge in [0, 0.05) is 11.5 Å². The lowest BCUT2D eigenvalue weighted by molar-refractivity contribution is -0.123. The van der Waals surface area contributed by atoms with Gasteiger partial charge in [-0.3, -0.25) is 14.5 Å². The molecule has 6 heteroatoms. The maximum absolute atomic E-state index is 13.0. The second kappa shape index (κ2) is 11.7. The van der Waals surface area contributed by atoms with Crippen molar-refractivity contribution in [3.8, 4) is 11.5 Å². The third-order valence-electron chi connectivity index (χ3n) is 6.59. The van der Waals surface area contributed by atoms with Crippen molar-refractivity contribution < 1.29 is 19.1 Å². The van der Waals surface area contributed by atoms with E-state index in [9.17, 15) is 9.59 Å². The average molecular weight is 473 g/mol. The van der Waals surface area contributed by atoms with Crippen molar-refractivity contribution in [3.05, 3.63) is 95.6 Å². The summed E-state index contributed by atoms with van der Waals surface area (Å²) in [5, 5.41) is 3.20. The Bertz CT molecular complexity index is 1110.